The Hall–Kier alpha value is -1.08. The van der Waals surface area contributed by atoms with Crippen LogP contribution in [0, 0.1) is 6.92 Å². The average molecular weight is 345 g/mol. The molecule has 2 rings (SSSR count). The molecule has 0 saturated carbocycles. The molecule has 2 aromatic rings. The Labute approximate surface area is 134 Å². The number of hydrogen-bond donors (Lipinski definition) is 2. The second-order valence-electron chi connectivity index (χ2n) is 4.59. The molecule has 0 spiro atoms. The number of sulfonamides is 1. The lowest BCUT2D eigenvalue weighted by Gasteiger charge is -2.09. The van der Waals surface area contributed by atoms with Crippen molar-refractivity contribution in [1.29, 1.82) is 0 Å². The standard InChI is InChI=1S/C14H17ClN2O2S2/c1-3-16-8-12-7-13(9-20-12)21(18,19)17-14-6-11(15)5-4-10(14)2/h4-7,9,16-17H,3,8H2,1-2H3. The van der Waals surface area contributed by atoms with Gasteiger partial charge in [-0.05, 0) is 37.2 Å². The topological polar surface area (TPSA) is 58.2 Å². The van der Waals surface area contributed by atoms with Gasteiger partial charge in [-0.3, -0.25) is 4.72 Å². The quantitative estimate of drug-likeness (QED) is 0.841. The second-order valence-corrected chi connectivity index (χ2v) is 7.71. The van der Waals surface area contributed by atoms with E-state index in [4.69, 9.17) is 11.6 Å². The molecule has 0 radical (unpaired) electrons. The highest BCUT2D eigenvalue weighted by molar-refractivity contribution is 7.92. The van der Waals surface area contributed by atoms with Gasteiger partial charge in [-0.15, -0.1) is 11.3 Å². The van der Waals surface area contributed by atoms with Gasteiger partial charge in [0.25, 0.3) is 10.0 Å². The van der Waals surface area contributed by atoms with Crippen LogP contribution in [0.15, 0.2) is 34.5 Å². The van der Waals surface area contributed by atoms with E-state index in [1.165, 1.54) is 11.3 Å². The number of nitrogens with one attached hydrogen (secondary N) is 2. The summed E-state index contributed by atoms with van der Waals surface area (Å²) in [6.07, 6.45) is 0. The van der Waals surface area contributed by atoms with Crippen molar-refractivity contribution >= 4 is 38.6 Å². The van der Waals surface area contributed by atoms with Crippen LogP contribution >= 0.6 is 22.9 Å². The molecular weight excluding hydrogens is 328 g/mol. The number of anilines is 1. The van der Waals surface area contributed by atoms with Crippen LogP contribution < -0.4 is 10.0 Å². The van der Waals surface area contributed by atoms with E-state index in [0.717, 1.165) is 17.0 Å². The first-order valence-corrected chi connectivity index (χ1v) is 9.23. The fourth-order valence-corrected chi connectivity index (χ4v) is 4.29. The average Bonchev–Trinajstić information content (AvgIpc) is 2.90. The highest BCUT2D eigenvalue weighted by atomic mass is 35.5. The van der Waals surface area contributed by atoms with Crippen LogP contribution in [0.25, 0.3) is 0 Å². The molecule has 114 valence electrons. The van der Waals surface area contributed by atoms with Crippen LogP contribution in [0.4, 0.5) is 5.69 Å². The van der Waals surface area contributed by atoms with Crippen LogP contribution in [0.5, 0.6) is 0 Å². The molecule has 7 heteroatoms. The molecule has 1 aromatic carbocycles. The monoisotopic (exact) mass is 344 g/mol. The van der Waals surface area contributed by atoms with Crippen LogP contribution in [-0.4, -0.2) is 15.0 Å². The van der Waals surface area contributed by atoms with Crippen molar-refractivity contribution in [1.82, 2.24) is 5.32 Å². The first-order chi connectivity index (χ1) is 9.92. The Morgan fingerprint density at radius 1 is 1.29 bits per heavy atom. The number of halogens is 1. The highest BCUT2D eigenvalue weighted by Gasteiger charge is 2.17. The van der Waals surface area contributed by atoms with Crippen molar-refractivity contribution in [2.45, 2.75) is 25.3 Å². The van der Waals surface area contributed by atoms with Crippen molar-refractivity contribution in [2.75, 3.05) is 11.3 Å². The Morgan fingerprint density at radius 3 is 2.76 bits per heavy atom. The minimum Gasteiger partial charge on any atom is -0.312 e. The number of rotatable bonds is 6. The minimum absolute atomic E-state index is 0.278. The summed E-state index contributed by atoms with van der Waals surface area (Å²) in [5, 5.41) is 5.32. The molecule has 0 amide bonds. The van der Waals surface area contributed by atoms with E-state index in [9.17, 15) is 8.42 Å². The van der Waals surface area contributed by atoms with Gasteiger partial charge >= 0.3 is 0 Å². The zero-order valence-electron chi connectivity index (χ0n) is 11.8. The van der Waals surface area contributed by atoms with Gasteiger partial charge < -0.3 is 5.32 Å². The van der Waals surface area contributed by atoms with Gasteiger partial charge in [0.1, 0.15) is 0 Å². The first-order valence-electron chi connectivity index (χ1n) is 6.49. The van der Waals surface area contributed by atoms with Gasteiger partial charge in [0, 0.05) is 21.8 Å². The molecule has 0 saturated heterocycles. The SMILES string of the molecule is CCNCc1cc(S(=O)(=O)Nc2cc(Cl)ccc2C)cs1. The maximum absolute atomic E-state index is 12.4. The number of aryl methyl sites for hydroxylation is 1. The maximum Gasteiger partial charge on any atom is 0.262 e. The summed E-state index contributed by atoms with van der Waals surface area (Å²) in [4.78, 5) is 1.26. The molecule has 0 aliphatic carbocycles. The molecule has 0 aliphatic rings. The predicted molar refractivity (Wildman–Crippen MR) is 88.7 cm³/mol. The lowest BCUT2D eigenvalue weighted by atomic mass is 10.2. The third-order valence-electron chi connectivity index (χ3n) is 2.93. The van der Waals surface area contributed by atoms with Crippen molar-refractivity contribution < 1.29 is 8.42 Å². The number of hydrogen-bond acceptors (Lipinski definition) is 4. The zero-order chi connectivity index (χ0) is 15.5. The zero-order valence-corrected chi connectivity index (χ0v) is 14.2. The van der Waals surface area contributed by atoms with E-state index in [1.54, 1.807) is 29.6 Å². The Balaban J connectivity index is 2.22. The number of benzene rings is 1. The molecule has 4 nitrogen and oxygen atoms in total. The van der Waals surface area contributed by atoms with E-state index in [1.807, 2.05) is 13.8 Å². The molecule has 0 fully saturated rings. The lowest BCUT2D eigenvalue weighted by molar-refractivity contribution is 0.601. The first kappa shape index (κ1) is 16.3. The fraction of sp³-hybridized carbons (Fsp3) is 0.286. The largest absolute Gasteiger partial charge is 0.312 e. The molecule has 0 unspecified atom stereocenters. The molecule has 0 aliphatic heterocycles. The van der Waals surface area contributed by atoms with Crippen LogP contribution in [0.1, 0.15) is 17.4 Å². The Bertz CT molecular complexity index is 726. The van der Waals surface area contributed by atoms with Crippen LogP contribution in [0.3, 0.4) is 0 Å². The van der Waals surface area contributed by atoms with E-state index in [-0.39, 0.29) is 4.90 Å². The van der Waals surface area contributed by atoms with Crippen molar-refractivity contribution in [3.8, 4) is 0 Å². The molecule has 0 bridgehead atoms. The number of thiophene rings is 1. The summed E-state index contributed by atoms with van der Waals surface area (Å²) in [5.41, 5.74) is 1.33. The van der Waals surface area contributed by atoms with Crippen LogP contribution in [-0.2, 0) is 16.6 Å². The summed E-state index contributed by atoms with van der Waals surface area (Å²) in [6, 6.07) is 6.81. The normalized spacial score (nSPS) is 11.6. The fourth-order valence-electron chi connectivity index (χ4n) is 1.75. The Kier molecular flexibility index (Phi) is 5.27. The lowest BCUT2D eigenvalue weighted by Crippen LogP contribution is -2.13. The summed E-state index contributed by atoms with van der Waals surface area (Å²) >= 11 is 7.34. The third kappa shape index (κ3) is 4.20. The second kappa shape index (κ2) is 6.79. The predicted octanol–water partition coefficient (Wildman–Crippen LogP) is 3.62. The van der Waals surface area contributed by atoms with Crippen molar-refractivity contribution in [2.24, 2.45) is 0 Å². The van der Waals surface area contributed by atoms with Gasteiger partial charge in [-0.1, -0.05) is 24.6 Å². The molecule has 21 heavy (non-hydrogen) atoms. The maximum atomic E-state index is 12.4. The van der Waals surface area contributed by atoms with E-state index in [0.29, 0.717) is 17.3 Å². The van der Waals surface area contributed by atoms with Crippen molar-refractivity contribution in [3.05, 3.63) is 45.1 Å². The third-order valence-corrected chi connectivity index (χ3v) is 5.60. The van der Waals surface area contributed by atoms with Gasteiger partial charge in [-0.25, -0.2) is 8.42 Å². The molecule has 1 aromatic heterocycles. The van der Waals surface area contributed by atoms with E-state index in [2.05, 4.69) is 10.0 Å². The molecular formula is C14H17ClN2O2S2. The van der Waals surface area contributed by atoms with Gasteiger partial charge in [0.05, 0.1) is 10.6 Å². The highest BCUT2D eigenvalue weighted by Crippen LogP contribution is 2.25. The van der Waals surface area contributed by atoms with Crippen molar-refractivity contribution in [3.63, 3.8) is 0 Å². The van der Waals surface area contributed by atoms with Gasteiger partial charge in [0.15, 0.2) is 0 Å². The van der Waals surface area contributed by atoms with E-state index >= 15 is 0 Å². The Morgan fingerprint density at radius 2 is 2.05 bits per heavy atom. The summed E-state index contributed by atoms with van der Waals surface area (Å²) in [6.45, 7) is 5.36. The summed E-state index contributed by atoms with van der Waals surface area (Å²) in [7, 11) is -3.58. The molecule has 0 atom stereocenters. The van der Waals surface area contributed by atoms with E-state index < -0.39 is 10.0 Å². The molecule has 2 N–H and O–H groups in total. The van der Waals surface area contributed by atoms with Gasteiger partial charge in [-0.2, -0.15) is 0 Å². The minimum atomic E-state index is -3.58. The van der Waals surface area contributed by atoms with Crippen LogP contribution in [0.2, 0.25) is 5.02 Å². The smallest absolute Gasteiger partial charge is 0.262 e. The van der Waals surface area contributed by atoms with Gasteiger partial charge in [0.2, 0.25) is 0 Å². The summed E-state index contributed by atoms with van der Waals surface area (Å²) < 4.78 is 27.4. The summed E-state index contributed by atoms with van der Waals surface area (Å²) in [5.74, 6) is 0. The molecule has 1 heterocycles.